The lowest BCUT2D eigenvalue weighted by atomic mass is 10.1. The second-order valence-electron chi connectivity index (χ2n) is 5.98. The number of hydrogen-bond acceptors (Lipinski definition) is 3. The predicted octanol–water partition coefficient (Wildman–Crippen LogP) is 6.24. The Morgan fingerprint density at radius 3 is 2.40 bits per heavy atom. The van der Waals surface area contributed by atoms with Crippen LogP contribution in [-0.2, 0) is 11.2 Å². The van der Waals surface area contributed by atoms with Crippen molar-refractivity contribution < 1.29 is 14.6 Å². The van der Waals surface area contributed by atoms with Gasteiger partial charge in [-0.2, -0.15) is 0 Å². The van der Waals surface area contributed by atoms with Crippen LogP contribution in [0.1, 0.15) is 19.4 Å². The van der Waals surface area contributed by atoms with Gasteiger partial charge in [0.2, 0.25) is 0 Å². The Hall–Kier alpha value is -1.43. The molecule has 2 aromatic carbocycles. The van der Waals surface area contributed by atoms with Crippen molar-refractivity contribution in [1.82, 2.24) is 0 Å². The molecule has 0 aliphatic carbocycles. The molecular weight excluding hydrogens is 429 g/mol. The minimum absolute atomic E-state index is 0.151. The Kier molecular flexibility index (Phi) is 6.99. The highest BCUT2D eigenvalue weighted by atomic mass is 79.9. The van der Waals surface area contributed by atoms with Crippen molar-refractivity contribution in [3.05, 3.63) is 50.4 Å². The van der Waals surface area contributed by atoms with Crippen molar-refractivity contribution in [2.75, 3.05) is 11.9 Å². The minimum atomic E-state index is -0.950. The van der Waals surface area contributed by atoms with E-state index in [4.69, 9.17) is 33.0 Å². The number of anilines is 1. The molecule has 0 radical (unpaired) electrons. The molecule has 0 spiro atoms. The molecule has 4 nitrogen and oxygen atoms in total. The molecule has 0 fully saturated rings. The van der Waals surface area contributed by atoms with Gasteiger partial charge in [0.1, 0.15) is 5.75 Å². The van der Waals surface area contributed by atoms with Crippen LogP contribution in [0.15, 0.2) is 34.8 Å². The standard InChI is InChI=1S/C18H18BrCl2NO3/c1-10(2)9-22-16-4-3-12(8-13(16)19)25-18-14(20)5-11(6-15(18)21)7-17(23)24/h3-6,8,10,22H,7,9H2,1-2H3,(H,23,24). The van der Waals surface area contributed by atoms with Crippen molar-refractivity contribution in [3.63, 3.8) is 0 Å². The molecule has 0 unspecified atom stereocenters. The number of hydrogen-bond donors (Lipinski definition) is 2. The Labute approximate surface area is 165 Å². The van der Waals surface area contributed by atoms with E-state index in [1.807, 2.05) is 18.2 Å². The third-order valence-corrected chi connectivity index (χ3v) is 4.49. The predicted molar refractivity (Wildman–Crippen MR) is 105 cm³/mol. The molecular formula is C18H18BrCl2NO3. The van der Waals surface area contributed by atoms with Crippen molar-refractivity contribution in [2.45, 2.75) is 20.3 Å². The number of carboxylic acids is 1. The molecule has 0 aliphatic rings. The van der Waals surface area contributed by atoms with Crippen LogP contribution < -0.4 is 10.1 Å². The summed E-state index contributed by atoms with van der Waals surface area (Å²) < 4.78 is 6.65. The van der Waals surface area contributed by atoms with E-state index >= 15 is 0 Å². The molecule has 2 N–H and O–H groups in total. The molecule has 0 amide bonds. The zero-order valence-corrected chi connectivity index (χ0v) is 16.9. The lowest BCUT2D eigenvalue weighted by Crippen LogP contribution is -2.08. The summed E-state index contributed by atoms with van der Waals surface area (Å²) in [6.07, 6.45) is -0.151. The van der Waals surface area contributed by atoms with Crippen LogP contribution >= 0.6 is 39.1 Å². The van der Waals surface area contributed by atoms with Gasteiger partial charge in [0.05, 0.1) is 16.5 Å². The Morgan fingerprint density at radius 1 is 1.24 bits per heavy atom. The number of carboxylic acid groups (broad SMARTS) is 1. The first kappa shape index (κ1) is 19.9. The number of aliphatic carboxylic acids is 1. The highest BCUT2D eigenvalue weighted by molar-refractivity contribution is 9.10. The number of ether oxygens (including phenoxy) is 1. The minimum Gasteiger partial charge on any atom is -0.481 e. The summed E-state index contributed by atoms with van der Waals surface area (Å²) in [7, 11) is 0. The summed E-state index contributed by atoms with van der Waals surface area (Å²) in [6.45, 7) is 5.13. The molecule has 2 aromatic rings. The molecule has 2 rings (SSSR count). The molecule has 25 heavy (non-hydrogen) atoms. The Balaban J connectivity index is 2.19. The molecule has 0 saturated carbocycles. The third kappa shape index (κ3) is 5.80. The smallest absolute Gasteiger partial charge is 0.307 e. The maximum Gasteiger partial charge on any atom is 0.307 e. The molecule has 0 bridgehead atoms. The first-order chi connectivity index (χ1) is 11.8. The summed E-state index contributed by atoms with van der Waals surface area (Å²) in [6, 6.07) is 8.63. The van der Waals surface area contributed by atoms with Crippen LogP contribution in [0, 0.1) is 5.92 Å². The molecule has 0 saturated heterocycles. The summed E-state index contributed by atoms with van der Waals surface area (Å²) in [5.41, 5.74) is 1.49. The first-order valence-electron chi connectivity index (χ1n) is 7.67. The van der Waals surface area contributed by atoms with E-state index in [0.29, 0.717) is 23.0 Å². The normalized spacial score (nSPS) is 10.8. The molecule has 7 heteroatoms. The second kappa shape index (κ2) is 8.79. The molecule has 0 heterocycles. The van der Waals surface area contributed by atoms with Crippen LogP contribution in [0.25, 0.3) is 0 Å². The van der Waals surface area contributed by atoms with Crippen molar-refractivity contribution in [1.29, 1.82) is 0 Å². The van der Waals surface area contributed by atoms with E-state index in [1.165, 1.54) is 0 Å². The summed E-state index contributed by atoms with van der Waals surface area (Å²) >= 11 is 15.9. The zero-order valence-electron chi connectivity index (χ0n) is 13.8. The second-order valence-corrected chi connectivity index (χ2v) is 7.65. The zero-order chi connectivity index (χ0) is 18.6. The van der Waals surface area contributed by atoms with E-state index in [2.05, 4.69) is 35.1 Å². The fourth-order valence-electron chi connectivity index (χ4n) is 2.12. The summed E-state index contributed by atoms with van der Waals surface area (Å²) in [5.74, 6) is 0.447. The Bertz CT molecular complexity index is 758. The number of rotatable bonds is 7. The van der Waals surface area contributed by atoms with Crippen molar-refractivity contribution in [3.8, 4) is 11.5 Å². The van der Waals surface area contributed by atoms with Gasteiger partial charge < -0.3 is 15.2 Å². The number of carbonyl (C=O) groups is 1. The lowest BCUT2D eigenvalue weighted by Gasteiger charge is -2.14. The van der Waals surface area contributed by atoms with Gasteiger partial charge in [-0.25, -0.2) is 0 Å². The average Bonchev–Trinajstić information content (AvgIpc) is 2.49. The SMILES string of the molecule is CC(C)CNc1ccc(Oc2c(Cl)cc(CC(=O)O)cc2Cl)cc1Br. The van der Waals surface area contributed by atoms with Gasteiger partial charge in [-0.3, -0.25) is 4.79 Å². The highest BCUT2D eigenvalue weighted by Gasteiger charge is 2.13. The topological polar surface area (TPSA) is 58.6 Å². The fraction of sp³-hybridized carbons (Fsp3) is 0.278. The summed E-state index contributed by atoms with van der Waals surface area (Å²) in [4.78, 5) is 10.8. The maximum atomic E-state index is 10.8. The number of nitrogens with one attached hydrogen (secondary N) is 1. The van der Waals surface area contributed by atoms with Crippen LogP contribution in [0.2, 0.25) is 10.0 Å². The largest absolute Gasteiger partial charge is 0.481 e. The monoisotopic (exact) mass is 445 g/mol. The van der Waals surface area contributed by atoms with E-state index in [1.54, 1.807) is 12.1 Å². The number of halogens is 3. The van der Waals surface area contributed by atoms with Gasteiger partial charge >= 0.3 is 5.97 Å². The first-order valence-corrected chi connectivity index (χ1v) is 9.22. The van der Waals surface area contributed by atoms with E-state index in [9.17, 15) is 4.79 Å². The molecule has 0 aromatic heterocycles. The van der Waals surface area contributed by atoms with Gasteiger partial charge in [-0.15, -0.1) is 0 Å². The third-order valence-electron chi connectivity index (χ3n) is 3.27. The Morgan fingerprint density at radius 2 is 1.88 bits per heavy atom. The van der Waals surface area contributed by atoms with E-state index in [-0.39, 0.29) is 16.5 Å². The number of benzene rings is 2. The van der Waals surface area contributed by atoms with E-state index < -0.39 is 5.97 Å². The van der Waals surface area contributed by atoms with Crippen LogP contribution in [0.5, 0.6) is 11.5 Å². The average molecular weight is 447 g/mol. The molecule has 134 valence electrons. The quantitative estimate of drug-likeness (QED) is 0.528. The highest BCUT2D eigenvalue weighted by Crippen LogP contribution is 2.39. The fourth-order valence-corrected chi connectivity index (χ4v) is 3.23. The van der Waals surface area contributed by atoms with Gasteiger partial charge in [0, 0.05) is 16.7 Å². The van der Waals surface area contributed by atoms with Gasteiger partial charge in [0.15, 0.2) is 5.75 Å². The van der Waals surface area contributed by atoms with Crippen LogP contribution in [-0.4, -0.2) is 17.6 Å². The van der Waals surface area contributed by atoms with Gasteiger partial charge in [0.25, 0.3) is 0 Å². The van der Waals surface area contributed by atoms with Gasteiger partial charge in [-0.1, -0.05) is 37.0 Å². The van der Waals surface area contributed by atoms with Crippen molar-refractivity contribution >= 4 is 50.8 Å². The van der Waals surface area contributed by atoms with E-state index in [0.717, 1.165) is 16.7 Å². The molecule has 0 atom stereocenters. The van der Waals surface area contributed by atoms with Crippen molar-refractivity contribution in [2.24, 2.45) is 5.92 Å². The molecule has 0 aliphatic heterocycles. The lowest BCUT2D eigenvalue weighted by molar-refractivity contribution is -0.136. The summed E-state index contributed by atoms with van der Waals surface area (Å²) in [5, 5.41) is 12.7. The van der Waals surface area contributed by atoms with Crippen LogP contribution in [0.4, 0.5) is 5.69 Å². The maximum absolute atomic E-state index is 10.8. The van der Waals surface area contributed by atoms with Crippen LogP contribution in [0.3, 0.4) is 0 Å². The van der Waals surface area contributed by atoms with Gasteiger partial charge in [-0.05, 0) is 57.7 Å².